The Morgan fingerprint density at radius 3 is 2.38 bits per heavy atom. The second-order valence-electron chi connectivity index (χ2n) is 6.24. The van der Waals surface area contributed by atoms with Crippen LogP contribution >= 0.6 is 0 Å². The van der Waals surface area contributed by atoms with Gasteiger partial charge in [-0.15, -0.1) is 0 Å². The zero-order valence-corrected chi connectivity index (χ0v) is 16.0. The first-order valence-electron chi connectivity index (χ1n) is 9.11. The molecule has 144 valence electrons. The number of methoxy groups -OCH3 is 1. The number of halogens is 1. The number of benzene rings is 1. The van der Waals surface area contributed by atoms with Gasteiger partial charge in [-0.05, 0) is 25.0 Å². The van der Waals surface area contributed by atoms with E-state index in [9.17, 15) is 18.8 Å². The minimum absolute atomic E-state index is 0.000893. The van der Waals surface area contributed by atoms with Gasteiger partial charge in [0.05, 0.1) is 7.11 Å². The van der Waals surface area contributed by atoms with Crippen molar-refractivity contribution in [2.45, 2.75) is 59.3 Å². The number of carbonyl (C=O) groups excluding carboxylic acids is 3. The van der Waals surface area contributed by atoms with Crippen LogP contribution in [0.3, 0.4) is 0 Å². The lowest BCUT2D eigenvalue weighted by Crippen LogP contribution is -2.41. The molecule has 0 aliphatic carbocycles. The fourth-order valence-electron chi connectivity index (χ4n) is 2.70. The number of hydrogen-bond acceptors (Lipinski definition) is 4. The molecule has 1 saturated heterocycles. The number of nitrogens with one attached hydrogen (secondary N) is 1. The Hall–Kier alpha value is -2.24. The second kappa shape index (κ2) is 10.7. The quantitative estimate of drug-likeness (QED) is 0.614. The molecule has 0 saturated carbocycles. The average molecular weight is 365 g/mol. The van der Waals surface area contributed by atoms with E-state index in [1.54, 1.807) is 6.92 Å². The molecule has 1 atom stereocenters. The van der Waals surface area contributed by atoms with Crippen LogP contribution in [0.2, 0.25) is 0 Å². The summed E-state index contributed by atoms with van der Waals surface area (Å²) in [7, 11) is 1.35. The van der Waals surface area contributed by atoms with Crippen molar-refractivity contribution in [1.82, 2.24) is 5.32 Å². The first-order valence-corrected chi connectivity index (χ1v) is 9.11. The molecule has 1 aromatic rings. The summed E-state index contributed by atoms with van der Waals surface area (Å²) in [4.78, 5) is 35.3. The second-order valence-corrected chi connectivity index (χ2v) is 6.24. The minimum atomic E-state index is -0.522. The summed E-state index contributed by atoms with van der Waals surface area (Å²) >= 11 is 0. The molecule has 0 bridgehead atoms. The van der Waals surface area contributed by atoms with E-state index in [0.717, 1.165) is 0 Å². The molecule has 1 unspecified atom stereocenters. The van der Waals surface area contributed by atoms with E-state index < -0.39 is 17.6 Å². The third kappa shape index (κ3) is 5.64. The van der Waals surface area contributed by atoms with Crippen LogP contribution in [0.15, 0.2) is 12.1 Å². The van der Waals surface area contributed by atoms with E-state index in [1.807, 2.05) is 0 Å². The van der Waals surface area contributed by atoms with Gasteiger partial charge in [0.15, 0.2) is 17.3 Å². The van der Waals surface area contributed by atoms with E-state index in [4.69, 9.17) is 4.74 Å². The number of rotatable bonds is 6. The Morgan fingerprint density at radius 1 is 1.23 bits per heavy atom. The van der Waals surface area contributed by atoms with Gasteiger partial charge in [-0.25, -0.2) is 4.39 Å². The molecule has 6 heteroatoms. The van der Waals surface area contributed by atoms with Gasteiger partial charge in [0.25, 0.3) is 0 Å². The van der Waals surface area contributed by atoms with E-state index in [2.05, 4.69) is 19.2 Å². The molecule has 1 N–H and O–H groups in total. The summed E-state index contributed by atoms with van der Waals surface area (Å²) in [6.45, 7) is 6.17. The Kier molecular flexibility index (Phi) is 8.96. The van der Waals surface area contributed by atoms with Gasteiger partial charge in [-0.1, -0.05) is 33.6 Å². The topological polar surface area (TPSA) is 72.5 Å². The normalized spacial score (nSPS) is 16.4. The molecule has 1 aliphatic rings. The third-order valence-electron chi connectivity index (χ3n) is 4.36. The molecule has 1 fully saturated rings. The highest BCUT2D eigenvalue weighted by Crippen LogP contribution is 2.29. The summed E-state index contributed by atoms with van der Waals surface area (Å²) in [5.74, 6) is -1.95. The Bertz CT molecular complexity index is 655. The molecular weight excluding hydrogens is 337 g/mol. The van der Waals surface area contributed by atoms with Gasteiger partial charge < -0.3 is 4.74 Å². The van der Waals surface area contributed by atoms with Crippen LogP contribution in [0.4, 0.5) is 4.39 Å². The highest BCUT2D eigenvalue weighted by Gasteiger charge is 2.29. The summed E-state index contributed by atoms with van der Waals surface area (Å²) in [6, 6.07) is 2.61. The largest absolute Gasteiger partial charge is 0.493 e. The fourth-order valence-corrected chi connectivity index (χ4v) is 2.70. The molecule has 26 heavy (non-hydrogen) atoms. The average Bonchev–Trinajstić information content (AvgIpc) is 2.63. The molecule has 0 aromatic heterocycles. The summed E-state index contributed by atoms with van der Waals surface area (Å²) in [5.41, 5.74) is 0.866. The number of unbranched alkanes of at least 4 members (excludes halogenated alkanes) is 1. The highest BCUT2D eigenvalue weighted by molar-refractivity contribution is 6.04. The van der Waals surface area contributed by atoms with Crippen LogP contribution in [-0.2, 0) is 16.0 Å². The third-order valence-corrected chi connectivity index (χ3v) is 4.36. The standard InChI is InChI=1S/C16H18FNO4.C4H10/c1-3-10-11(5-6-12(17)15(10)22-2)13(19)8-9-4-7-14(20)18-16(9)21;1-3-4-2/h5-6,9H,3-4,7-8H2,1-2H3,(H,18,20,21);3-4H2,1-2H3. The number of hydrogen-bond donors (Lipinski definition) is 1. The molecule has 2 rings (SSSR count). The van der Waals surface area contributed by atoms with Crippen molar-refractivity contribution in [2.24, 2.45) is 5.92 Å². The smallest absolute Gasteiger partial charge is 0.230 e. The van der Waals surface area contributed by atoms with E-state index in [0.29, 0.717) is 24.0 Å². The number of amides is 2. The van der Waals surface area contributed by atoms with Crippen molar-refractivity contribution in [1.29, 1.82) is 0 Å². The molecule has 1 heterocycles. The van der Waals surface area contributed by atoms with Gasteiger partial charge in [0.1, 0.15) is 0 Å². The summed E-state index contributed by atoms with van der Waals surface area (Å²) in [5, 5.41) is 2.23. The zero-order chi connectivity index (χ0) is 19.7. The number of ketones is 1. The van der Waals surface area contributed by atoms with Crippen LogP contribution in [0.1, 0.15) is 68.8 Å². The van der Waals surface area contributed by atoms with Gasteiger partial charge in [-0.2, -0.15) is 0 Å². The summed E-state index contributed by atoms with van der Waals surface area (Å²) < 4.78 is 18.7. The van der Waals surface area contributed by atoms with Gasteiger partial charge >= 0.3 is 0 Å². The van der Waals surface area contributed by atoms with Crippen molar-refractivity contribution in [2.75, 3.05) is 7.11 Å². The lowest BCUT2D eigenvalue weighted by atomic mass is 9.89. The van der Waals surface area contributed by atoms with E-state index in [1.165, 1.54) is 32.1 Å². The van der Waals surface area contributed by atoms with Crippen molar-refractivity contribution in [3.63, 3.8) is 0 Å². The van der Waals surface area contributed by atoms with Gasteiger partial charge in [-0.3, -0.25) is 19.7 Å². The van der Waals surface area contributed by atoms with Crippen LogP contribution in [0.5, 0.6) is 5.75 Å². The maximum atomic E-state index is 13.7. The number of ether oxygens (including phenoxy) is 1. The number of imide groups is 1. The van der Waals surface area contributed by atoms with E-state index in [-0.39, 0.29) is 30.3 Å². The van der Waals surface area contributed by atoms with E-state index >= 15 is 0 Å². The molecule has 1 aliphatic heterocycles. The van der Waals surface area contributed by atoms with Crippen LogP contribution < -0.4 is 10.1 Å². The van der Waals surface area contributed by atoms with Crippen molar-refractivity contribution in [3.05, 3.63) is 29.1 Å². The van der Waals surface area contributed by atoms with Gasteiger partial charge in [0, 0.05) is 29.9 Å². The van der Waals surface area contributed by atoms with Crippen LogP contribution in [0, 0.1) is 11.7 Å². The Morgan fingerprint density at radius 2 is 1.88 bits per heavy atom. The predicted molar refractivity (Wildman–Crippen MR) is 97.7 cm³/mol. The molecule has 1 aromatic carbocycles. The number of Topliss-reactive ketones (excluding diaryl/α,β-unsaturated/α-hetero) is 1. The SMILES string of the molecule is CCCC.CCc1c(C(=O)CC2CCC(=O)NC2=O)ccc(F)c1OC. The van der Waals surface area contributed by atoms with Crippen LogP contribution in [0.25, 0.3) is 0 Å². The maximum Gasteiger partial charge on any atom is 0.230 e. The molecule has 2 amide bonds. The zero-order valence-electron chi connectivity index (χ0n) is 16.0. The lowest BCUT2D eigenvalue weighted by molar-refractivity contribution is -0.136. The highest BCUT2D eigenvalue weighted by atomic mass is 19.1. The molecular formula is C20H28FNO4. The van der Waals surface area contributed by atoms with Crippen molar-refractivity contribution >= 4 is 17.6 Å². The fraction of sp³-hybridized carbons (Fsp3) is 0.550. The lowest BCUT2D eigenvalue weighted by Gasteiger charge is -2.20. The maximum absolute atomic E-state index is 13.7. The molecule has 0 radical (unpaired) electrons. The minimum Gasteiger partial charge on any atom is -0.493 e. The first kappa shape index (κ1) is 21.8. The summed E-state index contributed by atoms with van der Waals surface area (Å²) in [6.07, 6.45) is 3.67. The number of carbonyl (C=O) groups is 3. The van der Waals surface area contributed by atoms with Crippen molar-refractivity contribution < 1.29 is 23.5 Å². The van der Waals surface area contributed by atoms with Crippen LogP contribution in [-0.4, -0.2) is 24.7 Å². The van der Waals surface area contributed by atoms with Gasteiger partial charge in [0.2, 0.25) is 11.8 Å². The Balaban J connectivity index is 0.000000765. The Labute approximate surface area is 154 Å². The monoisotopic (exact) mass is 365 g/mol. The first-order chi connectivity index (χ1) is 12.4. The molecule has 5 nitrogen and oxygen atoms in total. The predicted octanol–water partition coefficient (Wildman–Crippen LogP) is 3.83. The van der Waals surface area contributed by atoms with Crippen molar-refractivity contribution in [3.8, 4) is 5.75 Å². The number of piperidine rings is 1. The molecule has 0 spiro atoms.